The van der Waals surface area contributed by atoms with Gasteiger partial charge in [0.2, 0.25) is 15.9 Å². The minimum atomic E-state index is -3.73. The van der Waals surface area contributed by atoms with Crippen molar-refractivity contribution in [1.82, 2.24) is 5.32 Å². The van der Waals surface area contributed by atoms with Crippen molar-refractivity contribution in [2.75, 3.05) is 18.5 Å². The van der Waals surface area contributed by atoms with Crippen molar-refractivity contribution in [3.63, 3.8) is 0 Å². The molecule has 0 spiro atoms. The maximum Gasteiger partial charge on any atom is 0.251 e. The first-order valence-electron chi connectivity index (χ1n) is 5.97. The minimum Gasteiger partial charge on any atom is -0.355 e. The van der Waals surface area contributed by atoms with E-state index in [4.69, 9.17) is 5.14 Å². The van der Waals surface area contributed by atoms with E-state index in [-0.39, 0.29) is 24.8 Å². The van der Waals surface area contributed by atoms with E-state index < -0.39 is 15.3 Å². The number of carbonyl (C=O) groups is 2. The summed E-state index contributed by atoms with van der Waals surface area (Å²) in [5.74, 6) is -0.525. The highest BCUT2D eigenvalue weighted by Gasteiger charge is 2.37. The van der Waals surface area contributed by atoms with Crippen molar-refractivity contribution < 1.29 is 18.0 Å². The molecule has 3 N–H and O–H groups in total. The molecule has 20 heavy (non-hydrogen) atoms. The molecule has 0 aromatic heterocycles. The number of primary sulfonamides is 1. The number of hydrogen-bond donors (Lipinski definition) is 2. The fraction of sp³-hybridized carbons (Fsp3) is 0.333. The number of rotatable bonds is 3. The Morgan fingerprint density at radius 2 is 1.95 bits per heavy atom. The first-order valence-corrected chi connectivity index (χ1v) is 7.58. The Hall–Kier alpha value is -1.93. The van der Waals surface area contributed by atoms with Crippen LogP contribution in [0.15, 0.2) is 24.3 Å². The van der Waals surface area contributed by atoms with Crippen LogP contribution in [0.3, 0.4) is 0 Å². The smallest absolute Gasteiger partial charge is 0.251 e. The summed E-state index contributed by atoms with van der Waals surface area (Å²) in [6.45, 7) is 0.0387. The number of carbonyl (C=O) groups excluding carboxylic acids is 2. The molecule has 1 unspecified atom stereocenters. The summed E-state index contributed by atoms with van der Waals surface area (Å²) in [4.78, 5) is 24.6. The predicted molar refractivity (Wildman–Crippen MR) is 73.7 cm³/mol. The zero-order valence-corrected chi connectivity index (χ0v) is 11.7. The Kier molecular flexibility index (Phi) is 3.78. The van der Waals surface area contributed by atoms with Crippen LogP contribution in [0.2, 0.25) is 0 Å². The molecule has 1 aliphatic rings. The molecule has 8 heteroatoms. The van der Waals surface area contributed by atoms with Crippen LogP contribution >= 0.6 is 0 Å². The second-order valence-electron chi connectivity index (χ2n) is 4.55. The Morgan fingerprint density at radius 3 is 2.40 bits per heavy atom. The molecule has 1 heterocycles. The van der Waals surface area contributed by atoms with Crippen molar-refractivity contribution in [2.24, 2.45) is 5.14 Å². The fourth-order valence-corrected chi connectivity index (χ4v) is 2.81. The molecular weight excluding hydrogens is 282 g/mol. The van der Waals surface area contributed by atoms with E-state index in [0.29, 0.717) is 11.3 Å². The third kappa shape index (κ3) is 2.81. The van der Waals surface area contributed by atoms with E-state index >= 15 is 0 Å². The average molecular weight is 297 g/mol. The number of sulfonamides is 1. The van der Waals surface area contributed by atoms with Crippen LogP contribution in [0.4, 0.5) is 5.69 Å². The Balaban J connectivity index is 2.21. The topological polar surface area (TPSA) is 110 Å². The molecule has 0 radical (unpaired) electrons. The number of nitrogens with two attached hydrogens (primary N) is 1. The van der Waals surface area contributed by atoms with Crippen LogP contribution in [0.25, 0.3) is 0 Å². The van der Waals surface area contributed by atoms with E-state index in [2.05, 4.69) is 5.32 Å². The van der Waals surface area contributed by atoms with Gasteiger partial charge in [0.25, 0.3) is 5.91 Å². The average Bonchev–Trinajstić information content (AvgIpc) is 2.80. The van der Waals surface area contributed by atoms with E-state index in [1.165, 1.54) is 11.9 Å². The zero-order chi connectivity index (χ0) is 14.9. The van der Waals surface area contributed by atoms with Gasteiger partial charge in [0.1, 0.15) is 5.25 Å². The predicted octanol–water partition coefficient (Wildman–Crippen LogP) is -0.560. The SMILES string of the molecule is CNC(=O)c1ccc(N2CC(S(N)(=O)=O)CC2=O)cc1. The van der Waals surface area contributed by atoms with Crippen LogP contribution < -0.4 is 15.4 Å². The van der Waals surface area contributed by atoms with Crippen LogP contribution in [-0.2, 0) is 14.8 Å². The lowest BCUT2D eigenvalue weighted by molar-refractivity contribution is -0.117. The van der Waals surface area contributed by atoms with Gasteiger partial charge < -0.3 is 10.2 Å². The standard InChI is InChI=1S/C12H15N3O4S/c1-14-12(17)8-2-4-9(5-3-8)15-7-10(6-11(15)16)20(13,18)19/h2-5,10H,6-7H2,1H3,(H,14,17)(H2,13,18,19). The first kappa shape index (κ1) is 14.5. The highest BCUT2D eigenvalue weighted by Crippen LogP contribution is 2.24. The number of hydrogen-bond acceptors (Lipinski definition) is 4. The molecule has 0 bridgehead atoms. The number of amides is 2. The van der Waals surface area contributed by atoms with Crippen LogP contribution in [0, 0.1) is 0 Å². The highest BCUT2D eigenvalue weighted by atomic mass is 32.2. The van der Waals surface area contributed by atoms with E-state index in [1.807, 2.05) is 0 Å². The lowest BCUT2D eigenvalue weighted by Gasteiger charge is -2.16. The van der Waals surface area contributed by atoms with Gasteiger partial charge in [-0.2, -0.15) is 0 Å². The van der Waals surface area contributed by atoms with Crippen molar-refractivity contribution >= 4 is 27.5 Å². The lowest BCUT2D eigenvalue weighted by atomic mass is 10.2. The Labute approximate surface area is 116 Å². The van der Waals surface area contributed by atoms with Crippen LogP contribution in [0.1, 0.15) is 16.8 Å². The molecule has 1 atom stereocenters. The molecule has 0 aliphatic carbocycles. The monoisotopic (exact) mass is 297 g/mol. The molecule has 7 nitrogen and oxygen atoms in total. The molecule has 2 amide bonds. The Bertz CT molecular complexity index is 639. The maximum atomic E-state index is 11.8. The largest absolute Gasteiger partial charge is 0.355 e. The Morgan fingerprint density at radius 1 is 1.35 bits per heavy atom. The van der Waals surface area contributed by atoms with Gasteiger partial charge in [0.05, 0.1) is 0 Å². The van der Waals surface area contributed by atoms with Crippen molar-refractivity contribution in [2.45, 2.75) is 11.7 Å². The van der Waals surface area contributed by atoms with Gasteiger partial charge in [-0.3, -0.25) is 9.59 Å². The minimum absolute atomic E-state index is 0.0387. The van der Waals surface area contributed by atoms with Crippen LogP contribution in [0.5, 0.6) is 0 Å². The van der Waals surface area contributed by atoms with Gasteiger partial charge in [-0.15, -0.1) is 0 Å². The van der Waals surface area contributed by atoms with E-state index in [0.717, 1.165) is 0 Å². The number of anilines is 1. The van der Waals surface area contributed by atoms with Crippen molar-refractivity contribution in [1.29, 1.82) is 0 Å². The molecule has 0 saturated carbocycles. The molecule has 1 fully saturated rings. The molecule has 108 valence electrons. The summed E-state index contributed by atoms with van der Waals surface area (Å²) >= 11 is 0. The van der Waals surface area contributed by atoms with E-state index in [9.17, 15) is 18.0 Å². The second kappa shape index (κ2) is 5.22. The molecule has 1 saturated heterocycles. The normalized spacial score (nSPS) is 19.2. The quantitative estimate of drug-likeness (QED) is 0.779. The summed E-state index contributed by atoms with van der Waals surface area (Å²) in [6, 6.07) is 6.36. The number of nitrogens with zero attached hydrogens (tertiary/aromatic N) is 1. The van der Waals surface area contributed by atoms with E-state index in [1.54, 1.807) is 24.3 Å². The molecule has 1 aromatic rings. The third-order valence-corrected chi connectivity index (χ3v) is 4.47. The summed E-state index contributed by atoms with van der Waals surface area (Å²) < 4.78 is 22.6. The lowest BCUT2D eigenvalue weighted by Crippen LogP contribution is -2.32. The van der Waals surface area contributed by atoms with Gasteiger partial charge >= 0.3 is 0 Å². The highest BCUT2D eigenvalue weighted by molar-refractivity contribution is 7.89. The molecule has 2 rings (SSSR count). The summed E-state index contributed by atoms with van der Waals surface area (Å²) in [7, 11) is -2.20. The van der Waals surface area contributed by atoms with Crippen molar-refractivity contribution in [3.8, 4) is 0 Å². The van der Waals surface area contributed by atoms with Crippen molar-refractivity contribution in [3.05, 3.63) is 29.8 Å². The second-order valence-corrected chi connectivity index (χ2v) is 6.39. The summed E-state index contributed by atoms with van der Waals surface area (Å²) in [5, 5.41) is 6.68. The first-order chi connectivity index (χ1) is 9.32. The van der Waals surface area contributed by atoms with Gasteiger partial charge in [0.15, 0.2) is 0 Å². The third-order valence-electron chi connectivity index (χ3n) is 3.22. The van der Waals surface area contributed by atoms with Crippen LogP contribution in [-0.4, -0.2) is 39.1 Å². The molecule has 1 aromatic carbocycles. The molecule has 1 aliphatic heterocycles. The summed E-state index contributed by atoms with van der Waals surface area (Å²) in [6.07, 6.45) is -0.115. The zero-order valence-electron chi connectivity index (χ0n) is 10.9. The number of nitrogens with one attached hydrogen (secondary N) is 1. The fourth-order valence-electron chi connectivity index (χ4n) is 2.08. The summed E-state index contributed by atoms with van der Waals surface area (Å²) in [5.41, 5.74) is 1.01. The maximum absolute atomic E-state index is 11.8. The molecular formula is C12H15N3O4S. The number of benzene rings is 1. The van der Waals surface area contributed by atoms with Gasteiger partial charge in [-0.1, -0.05) is 0 Å². The van der Waals surface area contributed by atoms with Gasteiger partial charge in [-0.05, 0) is 24.3 Å². The van der Waals surface area contributed by atoms with Gasteiger partial charge in [-0.25, -0.2) is 13.6 Å². The van der Waals surface area contributed by atoms with Gasteiger partial charge in [0, 0.05) is 31.3 Å².